The first-order valence-corrected chi connectivity index (χ1v) is 10.5. The van der Waals surface area contributed by atoms with Gasteiger partial charge in [-0.2, -0.15) is 0 Å². The quantitative estimate of drug-likeness (QED) is 0.457. The molecule has 0 bridgehead atoms. The maximum absolute atomic E-state index is 13.0. The average Bonchev–Trinajstić information content (AvgIpc) is 2.78. The molecule has 29 heavy (non-hydrogen) atoms. The van der Waals surface area contributed by atoms with E-state index in [1.807, 2.05) is 72.8 Å². The fourth-order valence-corrected chi connectivity index (χ4v) is 4.43. The molecule has 2 unspecified atom stereocenters. The number of hydrogen-bond donors (Lipinski definition) is 0. The highest BCUT2D eigenvalue weighted by Gasteiger charge is 2.47. The predicted octanol–water partition coefficient (Wildman–Crippen LogP) is 4.76. The van der Waals surface area contributed by atoms with Gasteiger partial charge < -0.3 is 4.74 Å². The lowest BCUT2D eigenvalue weighted by atomic mass is 9.99. The smallest absolute Gasteiger partial charge is 0.244 e. The van der Waals surface area contributed by atoms with E-state index < -0.39 is 0 Å². The lowest BCUT2D eigenvalue weighted by molar-refractivity contribution is -0.122. The maximum Gasteiger partial charge on any atom is 0.244 e. The predicted molar refractivity (Wildman–Crippen MR) is 119 cm³/mol. The molecule has 0 radical (unpaired) electrons. The number of anilines is 1. The Labute approximate surface area is 175 Å². The number of methoxy groups -OCH3 is 1. The first kappa shape index (κ1) is 19.2. The lowest BCUT2D eigenvalue weighted by Gasteiger charge is -2.44. The van der Waals surface area contributed by atoms with Gasteiger partial charge in [0.15, 0.2) is 0 Å². The second-order valence-electron chi connectivity index (χ2n) is 6.70. The zero-order chi connectivity index (χ0) is 20.1. The standard InChI is InChI=1S/C25H21NO2S/c1-28-22-15-13-21(14-16-22)26-23(17-12-19-8-4-2-5-9-19)24(25(26)27)29-18-20-10-6-3-7-11-20/h2-11,13-16,23-24H,18H2,1H3. The van der Waals surface area contributed by atoms with E-state index in [0.29, 0.717) is 0 Å². The zero-order valence-electron chi connectivity index (χ0n) is 16.1. The van der Waals surface area contributed by atoms with Gasteiger partial charge in [-0.15, -0.1) is 11.8 Å². The van der Waals surface area contributed by atoms with Gasteiger partial charge >= 0.3 is 0 Å². The number of carbonyl (C=O) groups excluding carboxylic acids is 1. The molecule has 3 aromatic carbocycles. The van der Waals surface area contributed by atoms with Gasteiger partial charge in [0.25, 0.3) is 0 Å². The van der Waals surface area contributed by atoms with Gasteiger partial charge in [0.1, 0.15) is 17.0 Å². The van der Waals surface area contributed by atoms with Crippen molar-refractivity contribution in [3.05, 3.63) is 96.1 Å². The van der Waals surface area contributed by atoms with E-state index in [0.717, 1.165) is 22.8 Å². The summed E-state index contributed by atoms with van der Waals surface area (Å²) in [6.07, 6.45) is 0. The average molecular weight is 400 g/mol. The zero-order valence-corrected chi connectivity index (χ0v) is 16.9. The van der Waals surface area contributed by atoms with Crippen LogP contribution in [0.4, 0.5) is 5.69 Å². The van der Waals surface area contributed by atoms with Crippen LogP contribution in [0.15, 0.2) is 84.9 Å². The van der Waals surface area contributed by atoms with Crippen molar-refractivity contribution in [3.63, 3.8) is 0 Å². The molecule has 1 aliphatic rings. The number of carbonyl (C=O) groups is 1. The van der Waals surface area contributed by atoms with E-state index in [1.54, 1.807) is 23.8 Å². The van der Waals surface area contributed by atoms with E-state index >= 15 is 0 Å². The molecule has 144 valence electrons. The van der Waals surface area contributed by atoms with Gasteiger partial charge in [-0.05, 0) is 42.0 Å². The molecular weight excluding hydrogens is 378 g/mol. The highest BCUT2D eigenvalue weighted by molar-refractivity contribution is 8.00. The summed E-state index contributed by atoms with van der Waals surface area (Å²) >= 11 is 1.66. The van der Waals surface area contributed by atoms with Crippen LogP contribution in [0.3, 0.4) is 0 Å². The molecule has 1 fully saturated rings. The lowest BCUT2D eigenvalue weighted by Crippen LogP contribution is -2.63. The highest BCUT2D eigenvalue weighted by Crippen LogP contribution is 2.37. The minimum atomic E-state index is -0.173. The molecule has 3 nitrogen and oxygen atoms in total. The maximum atomic E-state index is 13.0. The van der Waals surface area contributed by atoms with Crippen molar-refractivity contribution in [2.75, 3.05) is 12.0 Å². The number of ether oxygens (including phenoxy) is 1. The third-order valence-corrected chi connectivity index (χ3v) is 6.13. The van der Waals surface area contributed by atoms with Crippen molar-refractivity contribution in [1.82, 2.24) is 0 Å². The van der Waals surface area contributed by atoms with E-state index in [2.05, 4.69) is 24.0 Å². The van der Waals surface area contributed by atoms with Crippen LogP contribution in [0.25, 0.3) is 0 Å². The molecule has 0 aliphatic carbocycles. The van der Waals surface area contributed by atoms with Crippen molar-refractivity contribution in [3.8, 4) is 17.6 Å². The van der Waals surface area contributed by atoms with Crippen LogP contribution in [0, 0.1) is 11.8 Å². The minimum absolute atomic E-state index is 0.100. The summed E-state index contributed by atoms with van der Waals surface area (Å²) in [6.45, 7) is 0. The van der Waals surface area contributed by atoms with Crippen LogP contribution in [0.1, 0.15) is 11.1 Å². The van der Waals surface area contributed by atoms with Crippen LogP contribution in [-0.2, 0) is 10.5 Å². The molecule has 4 rings (SSSR count). The van der Waals surface area contributed by atoms with E-state index in [4.69, 9.17) is 4.74 Å². The molecule has 0 spiro atoms. The summed E-state index contributed by atoms with van der Waals surface area (Å²) in [5.74, 6) is 8.22. The van der Waals surface area contributed by atoms with Gasteiger partial charge in [0.2, 0.25) is 5.91 Å². The Morgan fingerprint density at radius 2 is 1.59 bits per heavy atom. The topological polar surface area (TPSA) is 29.5 Å². The van der Waals surface area contributed by atoms with Crippen LogP contribution >= 0.6 is 11.8 Å². The summed E-state index contributed by atoms with van der Waals surface area (Å²) in [7, 11) is 1.63. The number of hydrogen-bond acceptors (Lipinski definition) is 3. The van der Waals surface area contributed by atoms with Crippen LogP contribution in [-0.4, -0.2) is 24.3 Å². The Balaban J connectivity index is 1.57. The van der Waals surface area contributed by atoms with E-state index in [1.165, 1.54) is 5.56 Å². The third kappa shape index (κ3) is 4.31. The molecular formula is C25H21NO2S. The van der Waals surface area contributed by atoms with Gasteiger partial charge in [0, 0.05) is 17.0 Å². The largest absolute Gasteiger partial charge is 0.497 e. The number of β-lactam (4-membered cyclic amide) rings is 1. The molecule has 4 heteroatoms. The SMILES string of the molecule is COc1ccc(N2C(=O)C(SCc3ccccc3)C2C#Cc2ccccc2)cc1. The number of benzene rings is 3. The Morgan fingerprint density at radius 1 is 0.931 bits per heavy atom. The second-order valence-corrected chi connectivity index (χ2v) is 7.83. The van der Waals surface area contributed by atoms with Crippen molar-refractivity contribution in [2.24, 2.45) is 0 Å². The Bertz CT molecular complexity index is 1020. The summed E-state index contributed by atoms with van der Waals surface area (Å²) in [5.41, 5.74) is 3.01. The summed E-state index contributed by atoms with van der Waals surface area (Å²) < 4.78 is 5.23. The monoisotopic (exact) mass is 399 g/mol. The molecule has 2 atom stereocenters. The minimum Gasteiger partial charge on any atom is -0.497 e. The third-order valence-electron chi connectivity index (χ3n) is 4.81. The molecule has 1 heterocycles. The number of rotatable bonds is 5. The van der Waals surface area contributed by atoms with E-state index in [-0.39, 0.29) is 17.2 Å². The van der Waals surface area contributed by atoms with Crippen molar-refractivity contribution in [2.45, 2.75) is 17.0 Å². The van der Waals surface area contributed by atoms with Gasteiger partial charge in [-0.25, -0.2) is 0 Å². The Morgan fingerprint density at radius 3 is 2.24 bits per heavy atom. The van der Waals surface area contributed by atoms with Gasteiger partial charge in [-0.3, -0.25) is 9.69 Å². The van der Waals surface area contributed by atoms with Crippen LogP contribution < -0.4 is 9.64 Å². The first-order valence-electron chi connectivity index (χ1n) is 9.45. The fraction of sp³-hybridized carbons (Fsp3) is 0.160. The Kier molecular flexibility index (Phi) is 5.88. The Hall–Kier alpha value is -3.16. The molecule has 3 aromatic rings. The highest BCUT2D eigenvalue weighted by atomic mass is 32.2. The van der Waals surface area contributed by atoms with Crippen molar-refractivity contribution in [1.29, 1.82) is 0 Å². The summed E-state index contributed by atoms with van der Waals surface area (Å²) in [6, 6.07) is 27.5. The van der Waals surface area contributed by atoms with Crippen molar-refractivity contribution < 1.29 is 9.53 Å². The first-order chi connectivity index (χ1) is 14.3. The summed E-state index contributed by atoms with van der Waals surface area (Å²) in [4.78, 5) is 14.8. The van der Waals surface area contributed by atoms with Crippen molar-refractivity contribution >= 4 is 23.4 Å². The number of thioether (sulfide) groups is 1. The molecule has 0 aromatic heterocycles. The van der Waals surface area contributed by atoms with Gasteiger partial charge in [0.05, 0.1) is 7.11 Å². The van der Waals surface area contributed by atoms with Crippen LogP contribution in [0.5, 0.6) is 5.75 Å². The fourth-order valence-electron chi connectivity index (χ4n) is 3.23. The normalized spacial score (nSPS) is 17.8. The second kappa shape index (κ2) is 8.89. The number of nitrogens with zero attached hydrogens (tertiary/aromatic N) is 1. The number of amides is 1. The summed E-state index contributed by atoms with van der Waals surface area (Å²) in [5, 5.41) is -0.173. The molecule has 1 saturated heterocycles. The molecule has 1 amide bonds. The molecule has 0 N–H and O–H groups in total. The van der Waals surface area contributed by atoms with E-state index in [9.17, 15) is 4.79 Å². The molecule has 0 saturated carbocycles. The van der Waals surface area contributed by atoms with Gasteiger partial charge in [-0.1, -0.05) is 60.4 Å². The van der Waals surface area contributed by atoms with Crippen LogP contribution in [0.2, 0.25) is 0 Å². The molecule has 1 aliphatic heterocycles.